The Labute approximate surface area is 127 Å². The van der Waals surface area contributed by atoms with Crippen LogP contribution in [0.5, 0.6) is 5.75 Å². The molecular formula is C16H14ClNOS. The van der Waals surface area contributed by atoms with Crippen molar-refractivity contribution in [2.24, 2.45) is 0 Å². The number of hydrogen-bond acceptors (Lipinski definition) is 2. The first-order valence-electron chi connectivity index (χ1n) is 6.28. The summed E-state index contributed by atoms with van der Waals surface area (Å²) in [6.07, 6.45) is 0. The summed E-state index contributed by atoms with van der Waals surface area (Å²) in [5, 5.41) is 3.09. The van der Waals surface area contributed by atoms with Crippen LogP contribution in [0.1, 0.15) is 5.56 Å². The molecule has 2 aromatic carbocycles. The van der Waals surface area contributed by atoms with E-state index in [1.165, 1.54) is 10.9 Å². The summed E-state index contributed by atoms with van der Waals surface area (Å²) in [5.41, 5.74) is 2.35. The third-order valence-corrected chi connectivity index (χ3v) is 4.36. The lowest BCUT2D eigenvalue weighted by atomic mass is 10.2. The SMILES string of the molecule is COc1ccc(CSc2cc3ccc(Cl)cc3[nH]2)cc1. The molecule has 0 atom stereocenters. The average Bonchev–Trinajstić information content (AvgIpc) is 2.87. The van der Waals surface area contributed by atoms with Crippen LogP contribution in [-0.2, 0) is 5.75 Å². The second-order valence-corrected chi connectivity index (χ2v) is 5.96. The first-order chi connectivity index (χ1) is 9.74. The zero-order valence-electron chi connectivity index (χ0n) is 11.0. The molecule has 1 heterocycles. The fraction of sp³-hybridized carbons (Fsp3) is 0.125. The quantitative estimate of drug-likeness (QED) is 0.676. The van der Waals surface area contributed by atoms with Crippen LogP contribution in [0.4, 0.5) is 0 Å². The van der Waals surface area contributed by atoms with E-state index in [1.54, 1.807) is 18.9 Å². The molecule has 0 saturated heterocycles. The monoisotopic (exact) mass is 303 g/mol. The van der Waals surface area contributed by atoms with E-state index in [0.29, 0.717) is 0 Å². The number of thioether (sulfide) groups is 1. The first kappa shape index (κ1) is 13.4. The summed E-state index contributed by atoms with van der Waals surface area (Å²) in [5.74, 6) is 1.81. The van der Waals surface area contributed by atoms with Crippen molar-refractivity contribution in [1.29, 1.82) is 0 Å². The number of benzene rings is 2. The number of hydrogen-bond donors (Lipinski definition) is 1. The molecule has 0 unspecified atom stereocenters. The van der Waals surface area contributed by atoms with Gasteiger partial charge >= 0.3 is 0 Å². The van der Waals surface area contributed by atoms with E-state index >= 15 is 0 Å². The van der Waals surface area contributed by atoms with Crippen molar-refractivity contribution in [3.8, 4) is 5.75 Å². The summed E-state index contributed by atoms with van der Waals surface area (Å²) in [7, 11) is 1.68. The third kappa shape index (κ3) is 2.94. The van der Waals surface area contributed by atoms with Gasteiger partial charge in [0, 0.05) is 21.7 Å². The molecule has 1 aromatic heterocycles. The van der Waals surface area contributed by atoms with E-state index < -0.39 is 0 Å². The van der Waals surface area contributed by atoms with Crippen LogP contribution in [0.15, 0.2) is 53.6 Å². The molecule has 3 rings (SSSR count). The van der Waals surface area contributed by atoms with Crippen LogP contribution in [-0.4, -0.2) is 12.1 Å². The molecule has 0 radical (unpaired) electrons. The molecule has 1 N–H and O–H groups in total. The van der Waals surface area contributed by atoms with E-state index in [1.807, 2.05) is 30.3 Å². The van der Waals surface area contributed by atoms with Gasteiger partial charge in [0.1, 0.15) is 5.75 Å². The maximum atomic E-state index is 5.99. The van der Waals surface area contributed by atoms with Crippen LogP contribution in [0.3, 0.4) is 0 Å². The third-order valence-electron chi connectivity index (χ3n) is 3.11. The fourth-order valence-electron chi connectivity index (χ4n) is 2.03. The van der Waals surface area contributed by atoms with Gasteiger partial charge in [-0.25, -0.2) is 0 Å². The number of rotatable bonds is 4. The molecule has 0 fully saturated rings. The Hall–Kier alpha value is -1.58. The van der Waals surface area contributed by atoms with Crippen LogP contribution >= 0.6 is 23.4 Å². The molecule has 102 valence electrons. The van der Waals surface area contributed by atoms with Crippen molar-refractivity contribution >= 4 is 34.3 Å². The Balaban J connectivity index is 1.72. The number of ether oxygens (including phenoxy) is 1. The molecule has 0 spiro atoms. The molecule has 2 nitrogen and oxygen atoms in total. The maximum Gasteiger partial charge on any atom is 0.118 e. The van der Waals surface area contributed by atoms with Gasteiger partial charge < -0.3 is 9.72 Å². The Morgan fingerprint density at radius 2 is 1.90 bits per heavy atom. The summed E-state index contributed by atoms with van der Waals surface area (Å²) in [4.78, 5) is 3.38. The predicted octanol–water partition coefficient (Wildman–Crippen LogP) is 5.12. The van der Waals surface area contributed by atoms with Gasteiger partial charge in [0.2, 0.25) is 0 Å². The zero-order valence-corrected chi connectivity index (χ0v) is 12.6. The largest absolute Gasteiger partial charge is 0.497 e. The van der Waals surface area contributed by atoms with Crippen LogP contribution in [0.25, 0.3) is 10.9 Å². The Bertz CT molecular complexity index is 721. The van der Waals surface area contributed by atoms with Crippen molar-refractivity contribution in [2.45, 2.75) is 10.8 Å². The number of aromatic amines is 1. The van der Waals surface area contributed by atoms with Gasteiger partial charge in [0.05, 0.1) is 12.1 Å². The van der Waals surface area contributed by atoms with Gasteiger partial charge in [-0.15, -0.1) is 11.8 Å². The van der Waals surface area contributed by atoms with Crippen molar-refractivity contribution in [2.75, 3.05) is 7.11 Å². The van der Waals surface area contributed by atoms with Crippen LogP contribution in [0, 0.1) is 0 Å². The molecule has 0 aliphatic heterocycles. The number of fused-ring (bicyclic) bond motifs is 1. The number of halogens is 1. The second-order valence-electron chi connectivity index (χ2n) is 4.50. The van der Waals surface area contributed by atoms with Gasteiger partial charge in [-0.3, -0.25) is 0 Å². The average molecular weight is 304 g/mol. The van der Waals surface area contributed by atoms with E-state index in [-0.39, 0.29) is 0 Å². The van der Waals surface area contributed by atoms with Crippen molar-refractivity contribution in [1.82, 2.24) is 4.98 Å². The van der Waals surface area contributed by atoms with Crippen molar-refractivity contribution in [3.63, 3.8) is 0 Å². The molecule has 0 saturated carbocycles. The van der Waals surface area contributed by atoms with Gasteiger partial charge in [-0.05, 0) is 35.9 Å². The smallest absolute Gasteiger partial charge is 0.118 e. The number of methoxy groups -OCH3 is 1. The minimum atomic E-state index is 0.756. The topological polar surface area (TPSA) is 25.0 Å². The number of nitrogens with one attached hydrogen (secondary N) is 1. The summed E-state index contributed by atoms with van der Waals surface area (Å²) in [6, 6.07) is 16.2. The maximum absolute atomic E-state index is 5.99. The van der Waals surface area contributed by atoms with Gasteiger partial charge in [-0.1, -0.05) is 29.8 Å². The highest BCUT2D eigenvalue weighted by Crippen LogP contribution is 2.28. The molecule has 0 aliphatic rings. The Kier molecular flexibility index (Phi) is 3.90. The fourth-order valence-corrected chi connectivity index (χ4v) is 3.11. The van der Waals surface area contributed by atoms with E-state index in [0.717, 1.165) is 27.1 Å². The van der Waals surface area contributed by atoms with E-state index in [9.17, 15) is 0 Å². The molecule has 0 aliphatic carbocycles. The zero-order chi connectivity index (χ0) is 13.9. The normalized spacial score (nSPS) is 10.9. The molecule has 20 heavy (non-hydrogen) atoms. The van der Waals surface area contributed by atoms with Gasteiger partial charge in [0.25, 0.3) is 0 Å². The molecule has 0 bridgehead atoms. The molecule has 0 amide bonds. The summed E-state index contributed by atoms with van der Waals surface area (Å²) < 4.78 is 5.16. The molecule has 4 heteroatoms. The van der Waals surface area contributed by atoms with Crippen LogP contribution < -0.4 is 4.74 Å². The molecule has 3 aromatic rings. The Morgan fingerprint density at radius 1 is 1.10 bits per heavy atom. The lowest BCUT2D eigenvalue weighted by Gasteiger charge is -2.02. The van der Waals surface area contributed by atoms with Gasteiger partial charge in [-0.2, -0.15) is 0 Å². The number of aromatic nitrogens is 1. The van der Waals surface area contributed by atoms with Crippen molar-refractivity contribution < 1.29 is 4.74 Å². The first-order valence-corrected chi connectivity index (χ1v) is 7.65. The van der Waals surface area contributed by atoms with E-state index in [2.05, 4.69) is 23.2 Å². The minimum Gasteiger partial charge on any atom is -0.497 e. The van der Waals surface area contributed by atoms with Gasteiger partial charge in [0.15, 0.2) is 0 Å². The predicted molar refractivity (Wildman–Crippen MR) is 85.9 cm³/mol. The number of H-pyrrole nitrogens is 1. The highest BCUT2D eigenvalue weighted by Gasteiger charge is 2.03. The lowest BCUT2D eigenvalue weighted by Crippen LogP contribution is -1.84. The standard InChI is InChI=1S/C16H14ClNOS/c1-19-14-6-2-11(3-7-14)10-20-16-8-12-4-5-13(17)9-15(12)18-16/h2-9,18H,10H2,1H3. The summed E-state index contributed by atoms with van der Waals surface area (Å²) >= 11 is 7.77. The van der Waals surface area contributed by atoms with E-state index in [4.69, 9.17) is 16.3 Å². The van der Waals surface area contributed by atoms with Crippen LogP contribution in [0.2, 0.25) is 5.02 Å². The Morgan fingerprint density at radius 3 is 2.65 bits per heavy atom. The highest BCUT2D eigenvalue weighted by molar-refractivity contribution is 7.98. The highest BCUT2D eigenvalue weighted by atomic mass is 35.5. The minimum absolute atomic E-state index is 0.756. The second kappa shape index (κ2) is 5.81. The lowest BCUT2D eigenvalue weighted by molar-refractivity contribution is 0.414. The summed E-state index contributed by atoms with van der Waals surface area (Å²) in [6.45, 7) is 0. The van der Waals surface area contributed by atoms with Crippen molar-refractivity contribution in [3.05, 3.63) is 59.1 Å². The molecular weight excluding hydrogens is 290 g/mol.